The molecule has 1 aliphatic rings. The summed E-state index contributed by atoms with van der Waals surface area (Å²) in [5, 5.41) is 4.20. The molecular weight excluding hydrogens is 405 g/mol. The van der Waals surface area contributed by atoms with Gasteiger partial charge in [0.2, 0.25) is 20.0 Å². The SMILES string of the molecule is CCS(=O)(=O)Nc1cccc(C2=NN(S(C)(=O)=O)[C@H](c3ccccc3F)C2)c1. The van der Waals surface area contributed by atoms with E-state index in [1.807, 2.05) is 0 Å². The van der Waals surface area contributed by atoms with Crippen molar-refractivity contribution in [2.45, 2.75) is 19.4 Å². The maximum absolute atomic E-state index is 14.3. The van der Waals surface area contributed by atoms with E-state index < -0.39 is 31.9 Å². The van der Waals surface area contributed by atoms with Gasteiger partial charge >= 0.3 is 0 Å². The van der Waals surface area contributed by atoms with Crippen LogP contribution in [0.3, 0.4) is 0 Å². The van der Waals surface area contributed by atoms with Gasteiger partial charge in [0.05, 0.1) is 23.8 Å². The van der Waals surface area contributed by atoms with Gasteiger partial charge in [0.1, 0.15) is 5.82 Å². The van der Waals surface area contributed by atoms with Gasteiger partial charge in [0, 0.05) is 17.7 Å². The summed E-state index contributed by atoms with van der Waals surface area (Å²) < 4.78 is 65.6. The van der Waals surface area contributed by atoms with Crippen molar-refractivity contribution < 1.29 is 21.2 Å². The normalized spacial score (nSPS) is 17.5. The van der Waals surface area contributed by atoms with Gasteiger partial charge in [-0.3, -0.25) is 4.72 Å². The van der Waals surface area contributed by atoms with Crippen molar-refractivity contribution in [2.24, 2.45) is 5.10 Å². The lowest BCUT2D eigenvalue weighted by atomic mass is 9.98. The standard InChI is InChI=1S/C18H20FN3O4S2/c1-3-28(25,26)21-14-8-6-7-13(11-14)17-12-18(22(20-17)27(2,23)24)15-9-4-5-10-16(15)19/h4-11,18,21H,3,12H2,1-2H3/t18-/m0/s1. The molecule has 0 bridgehead atoms. The second-order valence-electron chi connectivity index (χ2n) is 6.41. The summed E-state index contributed by atoms with van der Waals surface area (Å²) in [5.41, 5.74) is 1.57. The number of sulfonamides is 2. The van der Waals surface area contributed by atoms with Crippen LogP contribution in [0.1, 0.15) is 30.5 Å². The highest BCUT2D eigenvalue weighted by Crippen LogP contribution is 2.36. The molecule has 7 nitrogen and oxygen atoms in total. The molecule has 0 aromatic heterocycles. The summed E-state index contributed by atoms with van der Waals surface area (Å²) in [6, 6.07) is 11.7. The molecule has 1 heterocycles. The summed E-state index contributed by atoms with van der Waals surface area (Å²) in [6.07, 6.45) is 1.18. The van der Waals surface area contributed by atoms with Gasteiger partial charge in [-0.25, -0.2) is 21.2 Å². The van der Waals surface area contributed by atoms with E-state index in [0.717, 1.165) is 10.7 Å². The zero-order valence-corrected chi connectivity index (χ0v) is 17.0. The predicted molar refractivity (Wildman–Crippen MR) is 107 cm³/mol. The van der Waals surface area contributed by atoms with E-state index in [1.54, 1.807) is 30.3 Å². The Morgan fingerprint density at radius 3 is 2.50 bits per heavy atom. The minimum Gasteiger partial charge on any atom is -0.284 e. The quantitative estimate of drug-likeness (QED) is 0.770. The molecule has 1 atom stereocenters. The largest absolute Gasteiger partial charge is 0.284 e. The van der Waals surface area contributed by atoms with E-state index in [0.29, 0.717) is 17.0 Å². The van der Waals surface area contributed by atoms with Gasteiger partial charge in [-0.2, -0.15) is 9.52 Å². The fourth-order valence-electron chi connectivity index (χ4n) is 2.96. The van der Waals surface area contributed by atoms with Gasteiger partial charge in [0.25, 0.3) is 0 Å². The Hall–Kier alpha value is -2.46. The molecule has 1 N–H and O–H groups in total. The summed E-state index contributed by atoms with van der Waals surface area (Å²) in [5.74, 6) is -0.586. The molecule has 2 aromatic carbocycles. The van der Waals surface area contributed by atoms with E-state index >= 15 is 0 Å². The monoisotopic (exact) mass is 425 g/mol. The highest BCUT2D eigenvalue weighted by molar-refractivity contribution is 7.92. The molecule has 0 aliphatic carbocycles. The van der Waals surface area contributed by atoms with Gasteiger partial charge in [-0.15, -0.1) is 0 Å². The molecule has 0 unspecified atom stereocenters. The maximum atomic E-state index is 14.3. The van der Waals surface area contributed by atoms with Crippen LogP contribution in [0.15, 0.2) is 53.6 Å². The Labute approximate surface area is 164 Å². The first-order chi connectivity index (χ1) is 13.1. The summed E-state index contributed by atoms with van der Waals surface area (Å²) in [7, 11) is -7.18. The molecule has 0 spiro atoms. The molecule has 150 valence electrons. The number of benzene rings is 2. The lowest BCUT2D eigenvalue weighted by Gasteiger charge is -2.21. The summed E-state index contributed by atoms with van der Waals surface area (Å²) >= 11 is 0. The Kier molecular flexibility index (Phi) is 5.44. The Bertz CT molecular complexity index is 1130. The highest BCUT2D eigenvalue weighted by atomic mass is 32.2. The first-order valence-corrected chi connectivity index (χ1v) is 12.0. The third-order valence-corrected chi connectivity index (χ3v) is 6.65. The molecular formula is C18H20FN3O4S2. The Balaban J connectivity index is 1.98. The molecule has 0 saturated heterocycles. The van der Waals surface area contributed by atoms with Crippen LogP contribution in [0.4, 0.5) is 10.1 Å². The average Bonchev–Trinajstić information content (AvgIpc) is 3.08. The van der Waals surface area contributed by atoms with E-state index in [2.05, 4.69) is 9.82 Å². The average molecular weight is 426 g/mol. The number of nitrogens with one attached hydrogen (secondary N) is 1. The number of anilines is 1. The molecule has 1 aliphatic heterocycles. The minimum atomic E-state index is -3.73. The molecule has 3 rings (SSSR count). The van der Waals surface area contributed by atoms with Crippen molar-refractivity contribution in [3.8, 4) is 0 Å². The zero-order chi connectivity index (χ0) is 20.5. The number of hydrogen-bond acceptors (Lipinski definition) is 5. The van der Waals surface area contributed by atoms with Crippen molar-refractivity contribution in [2.75, 3.05) is 16.7 Å². The highest BCUT2D eigenvalue weighted by Gasteiger charge is 2.35. The van der Waals surface area contributed by atoms with Crippen LogP contribution >= 0.6 is 0 Å². The number of halogens is 1. The maximum Gasteiger partial charge on any atom is 0.247 e. The first kappa shape index (κ1) is 20.3. The Morgan fingerprint density at radius 1 is 1.14 bits per heavy atom. The van der Waals surface area contributed by atoms with Gasteiger partial charge < -0.3 is 0 Å². The number of hydrazone groups is 1. The summed E-state index contributed by atoms with van der Waals surface area (Å²) in [4.78, 5) is 0. The van der Waals surface area contributed by atoms with Crippen molar-refractivity contribution >= 4 is 31.4 Å². The fourth-order valence-corrected chi connectivity index (χ4v) is 4.49. The predicted octanol–water partition coefficient (Wildman–Crippen LogP) is 2.70. The van der Waals surface area contributed by atoms with Crippen molar-refractivity contribution in [1.82, 2.24) is 4.41 Å². The molecule has 0 amide bonds. The fraction of sp³-hybridized carbons (Fsp3) is 0.278. The molecule has 10 heteroatoms. The third kappa shape index (κ3) is 4.33. The van der Waals surface area contributed by atoms with Crippen LogP contribution in [-0.2, 0) is 20.0 Å². The van der Waals surface area contributed by atoms with Crippen LogP contribution in [-0.4, -0.2) is 39.0 Å². The van der Waals surface area contributed by atoms with Crippen LogP contribution in [0.2, 0.25) is 0 Å². The molecule has 2 aromatic rings. The number of hydrogen-bond donors (Lipinski definition) is 1. The topological polar surface area (TPSA) is 95.9 Å². The van der Waals surface area contributed by atoms with Crippen molar-refractivity contribution in [3.63, 3.8) is 0 Å². The second kappa shape index (κ2) is 7.51. The van der Waals surface area contributed by atoms with E-state index in [4.69, 9.17) is 0 Å². The Morgan fingerprint density at radius 2 is 1.86 bits per heavy atom. The second-order valence-corrected chi connectivity index (χ2v) is 10.3. The van der Waals surface area contributed by atoms with Crippen LogP contribution in [0, 0.1) is 5.82 Å². The van der Waals surface area contributed by atoms with E-state index in [9.17, 15) is 21.2 Å². The molecule has 28 heavy (non-hydrogen) atoms. The molecule has 0 radical (unpaired) electrons. The minimum absolute atomic E-state index is 0.0740. The molecule has 0 fully saturated rings. The van der Waals surface area contributed by atoms with Gasteiger partial charge in [0.15, 0.2) is 0 Å². The first-order valence-electron chi connectivity index (χ1n) is 8.53. The van der Waals surface area contributed by atoms with Crippen LogP contribution < -0.4 is 4.72 Å². The van der Waals surface area contributed by atoms with E-state index in [1.165, 1.54) is 25.1 Å². The van der Waals surface area contributed by atoms with E-state index in [-0.39, 0.29) is 17.7 Å². The lowest BCUT2D eigenvalue weighted by Crippen LogP contribution is -2.26. The van der Waals surface area contributed by atoms with Gasteiger partial charge in [-0.05, 0) is 30.7 Å². The smallest absolute Gasteiger partial charge is 0.247 e. The van der Waals surface area contributed by atoms with Crippen molar-refractivity contribution in [3.05, 3.63) is 65.5 Å². The zero-order valence-electron chi connectivity index (χ0n) is 15.3. The third-order valence-electron chi connectivity index (χ3n) is 4.33. The van der Waals surface area contributed by atoms with Crippen LogP contribution in [0.25, 0.3) is 0 Å². The molecule has 0 saturated carbocycles. The summed E-state index contributed by atoms with van der Waals surface area (Å²) in [6.45, 7) is 1.52. The van der Waals surface area contributed by atoms with Gasteiger partial charge in [-0.1, -0.05) is 30.3 Å². The number of nitrogens with zero attached hydrogens (tertiary/aromatic N) is 2. The van der Waals surface area contributed by atoms with Crippen LogP contribution in [0.5, 0.6) is 0 Å². The van der Waals surface area contributed by atoms with Crippen molar-refractivity contribution in [1.29, 1.82) is 0 Å². The number of rotatable bonds is 6. The lowest BCUT2D eigenvalue weighted by molar-refractivity contribution is 0.365.